The van der Waals surface area contributed by atoms with E-state index in [-0.39, 0.29) is 11.6 Å². The topological polar surface area (TPSA) is 81.5 Å². The van der Waals surface area contributed by atoms with E-state index >= 15 is 0 Å². The summed E-state index contributed by atoms with van der Waals surface area (Å²) in [5.41, 5.74) is 1.19. The van der Waals surface area contributed by atoms with Gasteiger partial charge >= 0.3 is 0 Å². The number of benzene rings is 2. The SMILES string of the molecule is COc1ccccc1CNC(=O)/C=C\c1ccccc1[N+](=O)[O-]. The van der Waals surface area contributed by atoms with Crippen LogP contribution >= 0.6 is 0 Å². The molecule has 0 aliphatic heterocycles. The van der Waals surface area contributed by atoms with Gasteiger partial charge in [-0.2, -0.15) is 0 Å². The van der Waals surface area contributed by atoms with Gasteiger partial charge in [0.2, 0.25) is 5.91 Å². The van der Waals surface area contributed by atoms with E-state index in [1.807, 2.05) is 24.3 Å². The highest BCUT2D eigenvalue weighted by atomic mass is 16.6. The van der Waals surface area contributed by atoms with Gasteiger partial charge < -0.3 is 10.1 Å². The second-order valence-electron chi connectivity index (χ2n) is 4.68. The van der Waals surface area contributed by atoms with Crippen molar-refractivity contribution < 1.29 is 14.5 Å². The number of nitro groups is 1. The predicted octanol–water partition coefficient (Wildman–Crippen LogP) is 2.93. The highest BCUT2D eigenvalue weighted by Crippen LogP contribution is 2.19. The molecule has 0 aliphatic rings. The average Bonchev–Trinajstić information content (AvgIpc) is 2.58. The third kappa shape index (κ3) is 4.41. The van der Waals surface area contributed by atoms with Crippen molar-refractivity contribution in [3.63, 3.8) is 0 Å². The first kappa shape index (κ1) is 16.2. The van der Waals surface area contributed by atoms with Crippen molar-refractivity contribution in [3.8, 4) is 5.75 Å². The lowest BCUT2D eigenvalue weighted by Crippen LogP contribution is -2.20. The van der Waals surface area contributed by atoms with E-state index in [9.17, 15) is 14.9 Å². The zero-order chi connectivity index (χ0) is 16.7. The van der Waals surface area contributed by atoms with Crippen molar-refractivity contribution in [3.05, 3.63) is 75.8 Å². The fourth-order valence-electron chi connectivity index (χ4n) is 2.05. The third-order valence-electron chi connectivity index (χ3n) is 3.19. The maximum Gasteiger partial charge on any atom is 0.276 e. The van der Waals surface area contributed by atoms with Gasteiger partial charge in [-0.15, -0.1) is 0 Å². The van der Waals surface area contributed by atoms with Crippen molar-refractivity contribution in [2.45, 2.75) is 6.54 Å². The van der Waals surface area contributed by atoms with Crippen LogP contribution in [0.4, 0.5) is 5.69 Å². The molecule has 2 rings (SSSR count). The summed E-state index contributed by atoms with van der Waals surface area (Å²) >= 11 is 0. The molecule has 0 radical (unpaired) electrons. The van der Waals surface area contributed by atoms with Gasteiger partial charge in [-0.05, 0) is 18.2 Å². The molecule has 0 bridgehead atoms. The molecule has 0 saturated carbocycles. The van der Waals surface area contributed by atoms with Crippen molar-refractivity contribution in [1.29, 1.82) is 0 Å². The van der Waals surface area contributed by atoms with Gasteiger partial charge in [0.1, 0.15) is 5.75 Å². The number of ether oxygens (including phenoxy) is 1. The lowest BCUT2D eigenvalue weighted by molar-refractivity contribution is -0.385. The Balaban J connectivity index is 2.01. The van der Waals surface area contributed by atoms with Crippen LogP contribution in [0.25, 0.3) is 6.08 Å². The Kier molecular flexibility index (Phi) is 5.46. The first-order valence-electron chi connectivity index (χ1n) is 6.93. The summed E-state index contributed by atoms with van der Waals surface area (Å²) in [6, 6.07) is 13.6. The standard InChI is InChI=1S/C17H16N2O4/c1-23-16-9-5-3-7-14(16)12-18-17(20)11-10-13-6-2-4-8-15(13)19(21)22/h2-11H,12H2,1H3,(H,18,20)/b11-10-. The molecule has 0 aromatic heterocycles. The molecular formula is C17H16N2O4. The molecule has 2 aromatic rings. The lowest BCUT2D eigenvalue weighted by Gasteiger charge is -2.08. The van der Waals surface area contributed by atoms with Gasteiger partial charge in [-0.25, -0.2) is 0 Å². The summed E-state index contributed by atoms with van der Waals surface area (Å²) in [5.74, 6) is 0.351. The van der Waals surface area contributed by atoms with Crippen LogP contribution in [0.5, 0.6) is 5.75 Å². The van der Waals surface area contributed by atoms with Gasteiger partial charge in [0, 0.05) is 24.3 Å². The normalized spacial score (nSPS) is 10.5. The number of nitro benzene ring substituents is 1. The summed E-state index contributed by atoms with van der Waals surface area (Å²) in [6.07, 6.45) is 2.70. The largest absolute Gasteiger partial charge is 0.496 e. The first-order chi connectivity index (χ1) is 11.1. The number of nitrogens with one attached hydrogen (secondary N) is 1. The molecule has 23 heavy (non-hydrogen) atoms. The van der Waals surface area contributed by atoms with Crippen LogP contribution in [-0.2, 0) is 11.3 Å². The molecule has 0 heterocycles. The van der Waals surface area contributed by atoms with E-state index in [1.165, 1.54) is 18.2 Å². The Bertz CT molecular complexity index is 741. The fraction of sp³-hybridized carbons (Fsp3) is 0.118. The monoisotopic (exact) mass is 312 g/mol. The molecule has 6 nitrogen and oxygen atoms in total. The van der Waals surface area contributed by atoms with Crippen LogP contribution in [0.2, 0.25) is 0 Å². The molecule has 2 aromatic carbocycles. The Morgan fingerprint density at radius 3 is 2.65 bits per heavy atom. The minimum absolute atomic E-state index is 0.0405. The van der Waals surface area contributed by atoms with Crippen LogP contribution in [0.1, 0.15) is 11.1 Å². The van der Waals surface area contributed by atoms with E-state index in [0.717, 1.165) is 5.56 Å². The van der Waals surface area contributed by atoms with Gasteiger partial charge in [-0.1, -0.05) is 30.3 Å². The maximum absolute atomic E-state index is 11.9. The van der Waals surface area contributed by atoms with Crippen molar-refractivity contribution in [1.82, 2.24) is 5.32 Å². The molecule has 6 heteroatoms. The van der Waals surface area contributed by atoms with Gasteiger partial charge in [-0.3, -0.25) is 14.9 Å². The quantitative estimate of drug-likeness (QED) is 0.505. The molecule has 1 N–H and O–H groups in total. The van der Waals surface area contributed by atoms with Crippen LogP contribution in [-0.4, -0.2) is 17.9 Å². The molecule has 0 fully saturated rings. The Hall–Kier alpha value is -3.15. The number of para-hydroxylation sites is 2. The number of carbonyl (C=O) groups is 1. The highest BCUT2D eigenvalue weighted by molar-refractivity contribution is 5.92. The molecule has 0 unspecified atom stereocenters. The number of nitrogens with zero attached hydrogens (tertiary/aromatic N) is 1. The Labute approximate surface area is 133 Å². The number of hydrogen-bond donors (Lipinski definition) is 1. The molecule has 1 amide bonds. The summed E-state index contributed by atoms with van der Waals surface area (Å²) in [7, 11) is 1.56. The minimum atomic E-state index is -0.480. The van der Waals surface area contributed by atoms with Gasteiger partial charge in [0.05, 0.1) is 17.6 Å². The molecule has 0 aliphatic carbocycles. The van der Waals surface area contributed by atoms with Gasteiger partial charge in [0.25, 0.3) is 5.69 Å². The van der Waals surface area contributed by atoms with E-state index in [2.05, 4.69) is 5.32 Å². The Morgan fingerprint density at radius 1 is 1.22 bits per heavy atom. The van der Waals surface area contributed by atoms with Crippen molar-refractivity contribution in [2.75, 3.05) is 7.11 Å². The zero-order valence-electron chi connectivity index (χ0n) is 12.6. The first-order valence-corrected chi connectivity index (χ1v) is 6.93. The zero-order valence-corrected chi connectivity index (χ0v) is 12.6. The molecular weight excluding hydrogens is 296 g/mol. The van der Waals surface area contributed by atoms with E-state index in [0.29, 0.717) is 17.9 Å². The summed E-state index contributed by atoms with van der Waals surface area (Å²) in [6.45, 7) is 0.310. The molecule has 0 atom stereocenters. The summed E-state index contributed by atoms with van der Waals surface area (Å²) in [4.78, 5) is 22.3. The summed E-state index contributed by atoms with van der Waals surface area (Å²) < 4.78 is 5.20. The Morgan fingerprint density at radius 2 is 1.91 bits per heavy atom. The number of methoxy groups -OCH3 is 1. The molecule has 0 spiro atoms. The van der Waals surface area contributed by atoms with Gasteiger partial charge in [0.15, 0.2) is 0 Å². The fourth-order valence-corrected chi connectivity index (χ4v) is 2.05. The molecule has 0 saturated heterocycles. The van der Waals surface area contributed by atoms with Crippen LogP contribution in [0, 0.1) is 10.1 Å². The number of carbonyl (C=O) groups excluding carboxylic acids is 1. The smallest absolute Gasteiger partial charge is 0.276 e. The second kappa shape index (κ2) is 7.74. The average molecular weight is 312 g/mol. The van der Waals surface area contributed by atoms with E-state index in [4.69, 9.17) is 4.74 Å². The predicted molar refractivity (Wildman–Crippen MR) is 87.0 cm³/mol. The third-order valence-corrected chi connectivity index (χ3v) is 3.19. The van der Waals surface area contributed by atoms with Crippen molar-refractivity contribution in [2.24, 2.45) is 0 Å². The second-order valence-corrected chi connectivity index (χ2v) is 4.68. The highest BCUT2D eigenvalue weighted by Gasteiger charge is 2.09. The maximum atomic E-state index is 11.9. The number of amides is 1. The van der Waals surface area contributed by atoms with Crippen LogP contribution < -0.4 is 10.1 Å². The minimum Gasteiger partial charge on any atom is -0.496 e. The lowest BCUT2D eigenvalue weighted by atomic mass is 10.1. The van der Waals surface area contributed by atoms with Crippen molar-refractivity contribution >= 4 is 17.7 Å². The van der Waals surface area contributed by atoms with Crippen LogP contribution in [0.3, 0.4) is 0 Å². The summed E-state index contributed by atoms with van der Waals surface area (Å²) in [5, 5.41) is 13.6. The van der Waals surface area contributed by atoms with Crippen LogP contribution in [0.15, 0.2) is 54.6 Å². The number of hydrogen-bond acceptors (Lipinski definition) is 4. The van der Waals surface area contributed by atoms with E-state index < -0.39 is 4.92 Å². The molecule has 118 valence electrons. The number of rotatable bonds is 6. The van der Waals surface area contributed by atoms with E-state index in [1.54, 1.807) is 25.3 Å².